The van der Waals surface area contributed by atoms with E-state index in [1.165, 1.54) is 4.31 Å². The largest absolute Gasteiger partial charge is 0.476 e. The van der Waals surface area contributed by atoms with Crippen molar-refractivity contribution in [2.24, 2.45) is 0 Å². The summed E-state index contributed by atoms with van der Waals surface area (Å²) in [4.78, 5) is 12.9. The van der Waals surface area contributed by atoms with Crippen LogP contribution in [0.4, 0.5) is 5.69 Å². The minimum Gasteiger partial charge on any atom is -0.476 e. The minimum absolute atomic E-state index is 0.0769. The fraction of sp³-hybridized carbons (Fsp3) is 0.381. The van der Waals surface area contributed by atoms with Gasteiger partial charge in [-0.1, -0.05) is 51.1 Å². The standard InChI is InChI=1S/C21H26N2O4S2/c1-21(2,3)28-14-13-22-20(24)19-15-23(17-11-7-8-12-18(17)27-19)29(25,26)16-9-5-4-6-10-16/h4-12,19H,13-15H2,1-3H3,(H,22,24). The van der Waals surface area contributed by atoms with E-state index in [4.69, 9.17) is 4.74 Å². The first-order valence-corrected chi connectivity index (χ1v) is 11.9. The Balaban J connectivity index is 1.79. The number of ether oxygens (including phenoxy) is 1. The summed E-state index contributed by atoms with van der Waals surface area (Å²) in [7, 11) is -3.82. The van der Waals surface area contributed by atoms with Gasteiger partial charge in [0.15, 0.2) is 6.10 Å². The van der Waals surface area contributed by atoms with Crippen LogP contribution < -0.4 is 14.4 Å². The molecule has 156 valence electrons. The number of nitrogens with one attached hydrogen (secondary N) is 1. The van der Waals surface area contributed by atoms with Gasteiger partial charge in [0.1, 0.15) is 5.75 Å². The van der Waals surface area contributed by atoms with Gasteiger partial charge in [-0.15, -0.1) is 0 Å². The molecule has 1 heterocycles. The molecule has 0 fully saturated rings. The second kappa shape index (κ2) is 8.67. The number of amides is 1. The zero-order chi connectivity index (χ0) is 21.1. The Hall–Kier alpha value is -2.19. The predicted molar refractivity (Wildman–Crippen MR) is 117 cm³/mol. The van der Waals surface area contributed by atoms with E-state index < -0.39 is 16.1 Å². The summed E-state index contributed by atoms with van der Waals surface area (Å²) in [5, 5.41) is 2.86. The number of rotatable bonds is 6. The van der Waals surface area contributed by atoms with Gasteiger partial charge >= 0.3 is 0 Å². The number of nitrogens with zero attached hydrogens (tertiary/aromatic N) is 1. The number of carbonyl (C=O) groups is 1. The summed E-state index contributed by atoms with van der Waals surface area (Å²) < 4.78 is 33.7. The number of fused-ring (bicyclic) bond motifs is 1. The van der Waals surface area contributed by atoms with Crippen LogP contribution in [-0.2, 0) is 14.8 Å². The Kier molecular flexibility index (Phi) is 6.43. The molecular weight excluding hydrogens is 408 g/mol. The Morgan fingerprint density at radius 1 is 1.14 bits per heavy atom. The highest BCUT2D eigenvalue weighted by Gasteiger charge is 2.37. The number of carbonyl (C=O) groups excluding carboxylic acids is 1. The molecule has 1 aliphatic rings. The van der Waals surface area contributed by atoms with Crippen molar-refractivity contribution in [1.29, 1.82) is 0 Å². The third kappa shape index (κ3) is 5.25. The molecule has 1 N–H and O–H groups in total. The third-order valence-electron chi connectivity index (χ3n) is 4.29. The molecule has 0 saturated carbocycles. The van der Waals surface area contributed by atoms with Crippen LogP contribution in [0.1, 0.15) is 20.8 Å². The highest BCUT2D eigenvalue weighted by Crippen LogP contribution is 2.36. The summed E-state index contributed by atoms with van der Waals surface area (Å²) in [5.41, 5.74) is 0.434. The van der Waals surface area contributed by atoms with Gasteiger partial charge in [0.25, 0.3) is 15.9 Å². The minimum atomic E-state index is -3.82. The molecule has 0 radical (unpaired) electrons. The van der Waals surface area contributed by atoms with Crippen molar-refractivity contribution in [1.82, 2.24) is 5.32 Å². The van der Waals surface area contributed by atoms with E-state index in [0.29, 0.717) is 18.0 Å². The molecule has 8 heteroatoms. The van der Waals surface area contributed by atoms with Gasteiger partial charge in [-0.05, 0) is 24.3 Å². The van der Waals surface area contributed by atoms with E-state index >= 15 is 0 Å². The Bertz CT molecular complexity index is 956. The van der Waals surface area contributed by atoms with Crippen molar-refractivity contribution in [3.8, 4) is 5.75 Å². The van der Waals surface area contributed by atoms with Crippen LogP contribution in [0.3, 0.4) is 0 Å². The molecule has 0 spiro atoms. The van der Waals surface area contributed by atoms with Gasteiger partial charge in [0.05, 0.1) is 17.1 Å². The first kappa shape index (κ1) is 21.5. The van der Waals surface area contributed by atoms with Crippen molar-refractivity contribution < 1.29 is 17.9 Å². The van der Waals surface area contributed by atoms with E-state index in [-0.39, 0.29) is 22.1 Å². The number of benzene rings is 2. The van der Waals surface area contributed by atoms with E-state index in [1.54, 1.807) is 66.4 Å². The molecule has 0 bridgehead atoms. The molecule has 6 nitrogen and oxygen atoms in total. The summed E-state index contributed by atoms with van der Waals surface area (Å²) in [6.45, 7) is 6.77. The van der Waals surface area contributed by atoms with Crippen LogP contribution in [0.25, 0.3) is 0 Å². The number of sulfonamides is 1. The third-order valence-corrected chi connectivity index (χ3v) is 7.36. The quantitative estimate of drug-likeness (QED) is 0.706. The number of hydrogen-bond acceptors (Lipinski definition) is 5. The lowest BCUT2D eigenvalue weighted by Gasteiger charge is -2.34. The fourth-order valence-electron chi connectivity index (χ4n) is 2.93. The Morgan fingerprint density at radius 3 is 2.48 bits per heavy atom. The van der Waals surface area contributed by atoms with Crippen molar-refractivity contribution in [2.75, 3.05) is 23.1 Å². The Labute approximate surface area is 176 Å². The lowest BCUT2D eigenvalue weighted by molar-refractivity contribution is -0.127. The van der Waals surface area contributed by atoms with Crippen LogP contribution in [0, 0.1) is 0 Å². The van der Waals surface area contributed by atoms with E-state index in [1.807, 2.05) is 0 Å². The molecule has 0 aromatic heterocycles. The summed E-state index contributed by atoms with van der Waals surface area (Å²) in [5.74, 6) is 0.828. The van der Waals surface area contributed by atoms with Crippen LogP contribution >= 0.6 is 11.8 Å². The van der Waals surface area contributed by atoms with Crippen molar-refractivity contribution in [3.63, 3.8) is 0 Å². The molecule has 3 rings (SSSR count). The van der Waals surface area contributed by atoms with Crippen LogP contribution in [0.2, 0.25) is 0 Å². The molecule has 1 atom stereocenters. The van der Waals surface area contributed by atoms with Gasteiger partial charge in [0, 0.05) is 17.0 Å². The number of anilines is 1. The smallest absolute Gasteiger partial charge is 0.264 e. The summed E-state index contributed by atoms with van der Waals surface area (Å²) in [6, 6.07) is 15.1. The maximum absolute atomic E-state index is 13.2. The average molecular weight is 435 g/mol. The Morgan fingerprint density at radius 2 is 1.79 bits per heavy atom. The molecular formula is C21H26N2O4S2. The second-order valence-electron chi connectivity index (χ2n) is 7.68. The van der Waals surface area contributed by atoms with Gasteiger partial charge < -0.3 is 10.1 Å². The van der Waals surface area contributed by atoms with E-state index in [0.717, 1.165) is 5.75 Å². The predicted octanol–water partition coefficient (Wildman–Crippen LogP) is 3.29. The normalized spacial score (nSPS) is 16.7. The molecule has 2 aromatic rings. The lowest BCUT2D eigenvalue weighted by atomic mass is 10.2. The van der Waals surface area contributed by atoms with Crippen molar-refractivity contribution >= 4 is 33.4 Å². The molecule has 1 unspecified atom stereocenters. The topological polar surface area (TPSA) is 75.7 Å². The number of para-hydroxylation sites is 2. The monoisotopic (exact) mass is 434 g/mol. The SMILES string of the molecule is CC(C)(C)SCCNC(=O)C1CN(S(=O)(=O)c2ccccc2)c2ccccc2O1. The van der Waals surface area contributed by atoms with Gasteiger partial charge in [-0.2, -0.15) is 11.8 Å². The summed E-state index contributed by atoms with van der Waals surface area (Å²) >= 11 is 1.75. The van der Waals surface area contributed by atoms with Gasteiger partial charge in [0.2, 0.25) is 0 Å². The second-order valence-corrected chi connectivity index (χ2v) is 11.5. The molecule has 2 aromatic carbocycles. The number of hydrogen-bond donors (Lipinski definition) is 1. The maximum Gasteiger partial charge on any atom is 0.264 e. The fourth-order valence-corrected chi connectivity index (χ4v) is 5.24. The molecule has 29 heavy (non-hydrogen) atoms. The highest BCUT2D eigenvalue weighted by molar-refractivity contribution is 8.00. The lowest BCUT2D eigenvalue weighted by Crippen LogP contribution is -2.51. The van der Waals surface area contributed by atoms with Crippen molar-refractivity contribution in [3.05, 3.63) is 54.6 Å². The van der Waals surface area contributed by atoms with Crippen LogP contribution in [0.5, 0.6) is 5.75 Å². The highest BCUT2D eigenvalue weighted by atomic mass is 32.2. The molecule has 0 saturated heterocycles. The van der Waals surface area contributed by atoms with Crippen LogP contribution in [-0.4, -0.2) is 44.0 Å². The summed E-state index contributed by atoms with van der Waals surface area (Å²) in [6.07, 6.45) is -0.914. The first-order chi connectivity index (χ1) is 13.7. The first-order valence-electron chi connectivity index (χ1n) is 9.44. The molecule has 0 aliphatic carbocycles. The van der Waals surface area contributed by atoms with Crippen LogP contribution in [0.15, 0.2) is 59.5 Å². The molecule has 1 aliphatic heterocycles. The zero-order valence-corrected chi connectivity index (χ0v) is 18.4. The van der Waals surface area contributed by atoms with E-state index in [9.17, 15) is 13.2 Å². The maximum atomic E-state index is 13.2. The van der Waals surface area contributed by atoms with Gasteiger partial charge in [-0.3, -0.25) is 9.10 Å². The van der Waals surface area contributed by atoms with Crippen molar-refractivity contribution in [2.45, 2.75) is 36.5 Å². The van der Waals surface area contributed by atoms with E-state index in [2.05, 4.69) is 26.1 Å². The number of thioether (sulfide) groups is 1. The zero-order valence-electron chi connectivity index (χ0n) is 16.8. The van der Waals surface area contributed by atoms with Gasteiger partial charge in [-0.25, -0.2) is 8.42 Å². The molecule has 1 amide bonds. The average Bonchev–Trinajstić information content (AvgIpc) is 2.70.